The van der Waals surface area contributed by atoms with Gasteiger partial charge < -0.3 is 11.1 Å². The Balaban J connectivity index is 2.20. The molecular weight excluding hydrogens is 264 g/mol. The molecule has 1 atom stereocenters. The number of pyridine rings is 1. The van der Waals surface area contributed by atoms with E-state index in [1.54, 1.807) is 18.3 Å². The maximum absolute atomic E-state index is 12.0. The average Bonchev–Trinajstić information content (AvgIpc) is 2.40. The quantitative estimate of drug-likeness (QED) is 0.609. The lowest BCUT2D eigenvalue weighted by molar-refractivity contribution is -0.146. The SMILES string of the molecule is CN1C(=O)CCC(Nc2cccnc2C(N)=S)C1=O. The number of piperidine rings is 1. The van der Waals surface area contributed by atoms with Gasteiger partial charge in [-0.2, -0.15) is 0 Å². The van der Waals surface area contributed by atoms with Gasteiger partial charge in [0.2, 0.25) is 5.91 Å². The van der Waals surface area contributed by atoms with Crippen LogP contribution in [0.15, 0.2) is 18.3 Å². The van der Waals surface area contributed by atoms with E-state index >= 15 is 0 Å². The third kappa shape index (κ3) is 2.70. The van der Waals surface area contributed by atoms with E-state index in [9.17, 15) is 9.59 Å². The molecule has 100 valence electrons. The van der Waals surface area contributed by atoms with E-state index in [4.69, 9.17) is 18.0 Å². The number of imide groups is 1. The molecule has 1 fully saturated rings. The van der Waals surface area contributed by atoms with Crippen LogP contribution in [0.5, 0.6) is 0 Å². The van der Waals surface area contributed by atoms with Gasteiger partial charge in [-0.05, 0) is 18.6 Å². The lowest BCUT2D eigenvalue weighted by atomic mass is 10.0. The molecule has 0 bridgehead atoms. The molecule has 19 heavy (non-hydrogen) atoms. The highest BCUT2D eigenvalue weighted by Gasteiger charge is 2.32. The van der Waals surface area contributed by atoms with Gasteiger partial charge in [-0.15, -0.1) is 0 Å². The summed E-state index contributed by atoms with van der Waals surface area (Å²) in [6, 6.07) is 3.03. The highest BCUT2D eigenvalue weighted by Crippen LogP contribution is 2.19. The summed E-state index contributed by atoms with van der Waals surface area (Å²) in [6.45, 7) is 0. The number of nitrogens with one attached hydrogen (secondary N) is 1. The monoisotopic (exact) mass is 278 g/mol. The Kier molecular flexibility index (Phi) is 3.75. The fraction of sp³-hybridized carbons (Fsp3) is 0.333. The minimum Gasteiger partial charge on any atom is -0.388 e. The summed E-state index contributed by atoms with van der Waals surface area (Å²) in [6.07, 6.45) is 2.37. The third-order valence-corrected chi connectivity index (χ3v) is 3.21. The van der Waals surface area contributed by atoms with Crippen molar-refractivity contribution in [3.8, 4) is 0 Å². The minimum atomic E-state index is -0.458. The number of rotatable bonds is 3. The fourth-order valence-corrected chi connectivity index (χ4v) is 2.12. The molecule has 6 nitrogen and oxygen atoms in total. The van der Waals surface area contributed by atoms with Gasteiger partial charge in [-0.25, -0.2) is 0 Å². The lowest BCUT2D eigenvalue weighted by Crippen LogP contribution is -2.48. The Morgan fingerprint density at radius 1 is 1.58 bits per heavy atom. The molecule has 7 heteroatoms. The number of likely N-dealkylation sites (N-methyl/N-ethyl adjacent to an activating group) is 1. The molecule has 1 saturated heterocycles. The molecule has 1 aromatic heterocycles. The van der Waals surface area contributed by atoms with Crippen molar-refractivity contribution in [3.63, 3.8) is 0 Å². The van der Waals surface area contributed by atoms with Crippen molar-refractivity contribution < 1.29 is 9.59 Å². The van der Waals surface area contributed by atoms with E-state index in [0.29, 0.717) is 24.2 Å². The van der Waals surface area contributed by atoms with Gasteiger partial charge in [0, 0.05) is 19.7 Å². The smallest absolute Gasteiger partial charge is 0.251 e. The molecule has 1 unspecified atom stereocenters. The van der Waals surface area contributed by atoms with Crippen LogP contribution >= 0.6 is 12.2 Å². The van der Waals surface area contributed by atoms with Crippen LogP contribution in [0.2, 0.25) is 0 Å². The highest BCUT2D eigenvalue weighted by molar-refractivity contribution is 7.80. The van der Waals surface area contributed by atoms with Crippen molar-refractivity contribution in [2.24, 2.45) is 5.73 Å². The number of carbonyl (C=O) groups excluding carboxylic acids is 2. The van der Waals surface area contributed by atoms with Gasteiger partial charge >= 0.3 is 0 Å². The molecule has 0 spiro atoms. The number of thiocarbonyl (C=S) groups is 1. The first-order valence-electron chi connectivity index (χ1n) is 5.82. The van der Waals surface area contributed by atoms with Crippen LogP contribution in [0.4, 0.5) is 5.69 Å². The number of aromatic nitrogens is 1. The van der Waals surface area contributed by atoms with Crippen LogP contribution in [-0.4, -0.2) is 39.8 Å². The summed E-state index contributed by atoms with van der Waals surface area (Å²) < 4.78 is 0. The number of hydrogen-bond donors (Lipinski definition) is 2. The van der Waals surface area contributed by atoms with Crippen LogP contribution in [0, 0.1) is 0 Å². The Labute approximate surface area is 116 Å². The average molecular weight is 278 g/mol. The summed E-state index contributed by atoms with van der Waals surface area (Å²) in [4.78, 5) is 28.8. The van der Waals surface area contributed by atoms with Crippen LogP contribution < -0.4 is 11.1 Å². The zero-order valence-electron chi connectivity index (χ0n) is 10.4. The topological polar surface area (TPSA) is 88.3 Å². The maximum atomic E-state index is 12.0. The summed E-state index contributed by atoms with van der Waals surface area (Å²) >= 11 is 4.91. The Bertz CT molecular complexity index is 546. The zero-order valence-corrected chi connectivity index (χ0v) is 11.2. The van der Waals surface area contributed by atoms with Crippen molar-refractivity contribution in [2.75, 3.05) is 12.4 Å². The third-order valence-electron chi connectivity index (χ3n) is 3.02. The Morgan fingerprint density at radius 3 is 3.00 bits per heavy atom. The van der Waals surface area contributed by atoms with Gasteiger partial charge in [0.15, 0.2) is 0 Å². The van der Waals surface area contributed by atoms with Crippen molar-refractivity contribution in [1.82, 2.24) is 9.88 Å². The van der Waals surface area contributed by atoms with Crippen LogP contribution in [0.25, 0.3) is 0 Å². The number of nitrogens with zero attached hydrogens (tertiary/aromatic N) is 2. The predicted octanol–water partition coefficient (Wildman–Crippen LogP) is 0.275. The Hall–Kier alpha value is -2.02. The molecule has 2 rings (SSSR count). The minimum absolute atomic E-state index is 0.163. The van der Waals surface area contributed by atoms with Gasteiger partial charge in [0.25, 0.3) is 5.91 Å². The second-order valence-corrected chi connectivity index (χ2v) is 4.73. The number of carbonyl (C=O) groups is 2. The molecule has 2 heterocycles. The molecule has 0 aromatic carbocycles. The number of nitrogens with two attached hydrogens (primary N) is 1. The first kappa shape index (κ1) is 13.4. The fourth-order valence-electron chi connectivity index (χ4n) is 1.96. The van der Waals surface area contributed by atoms with Gasteiger partial charge in [-0.1, -0.05) is 12.2 Å². The highest BCUT2D eigenvalue weighted by atomic mass is 32.1. The molecule has 1 aromatic rings. The number of hydrogen-bond acceptors (Lipinski definition) is 5. The second kappa shape index (κ2) is 5.31. The van der Waals surface area contributed by atoms with Gasteiger partial charge in [0.1, 0.15) is 16.7 Å². The van der Waals surface area contributed by atoms with Crippen molar-refractivity contribution >= 4 is 34.7 Å². The molecule has 0 saturated carbocycles. The number of likely N-dealkylation sites (tertiary alicyclic amines) is 1. The van der Waals surface area contributed by atoms with E-state index in [-0.39, 0.29) is 16.8 Å². The van der Waals surface area contributed by atoms with Crippen LogP contribution in [0.1, 0.15) is 18.5 Å². The summed E-state index contributed by atoms with van der Waals surface area (Å²) in [5, 5.41) is 3.06. The van der Waals surface area contributed by atoms with Crippen molar-refractivity contribution in [1.29, 1.82) is 0 Å². The summed E-state index contributed by atoms with van der Waals surface area (Å²) in [5.74, 6) is -0.419. The van der Waals surface area contributed by atoms with E-state index in [2.05, 4.69) is 10.3 Å². The second-order valence-electron chi connectivity index (χ2n) is 4.29. The lowest BCUT2D eigenvalue weighted by Gasteiger charge is -2.29. The largest absolute Gasteiger partial charge is 0.388 e. The molecular formula is C12H14N4O2S. The van der Waals surface area contributed by atoms with E-state index in [1.807, 2.05) is 0 Å². The number of anilines is 1. The van der Waals surface area contributed by atoms with Crippen molar-refractivity contribution in [2.45, 2.75) is 18.9 Å². The predicted molar refractivity (Wildman–Crippen MR) is 74.5 cm³/mol. The first-order chi connectivity index (χ1) is 9.00. The molecule has 3 N–H and O–H groups in total. The normalized spacial score (nSPS) is 19.4. The summed E-state index contributed by atoms with van der Waals surface area (Å²) in [7, 11) is 1.48. The molecule has 1 aliphatic heterocycles. The number of amides is 2. The van der Waals surface area contributed by atoms with Gasteiger partial charge in [0.05, 0.1) is 5.69 Å². The van der Waals surface area contributed by atoms with Crippen LogP contribution in [-0.2, 0) is 9.59 Å². The molecule has 2 amide bonds. The zero-order chi connectivity index (χ0) is 14.0. The molecule has 0 aliphatic carbocycles. The Morgan fingerprint density at radius 2 is 2.32 bits per heavy atom. The maximum Gasteiger partial charge on any atom is 0.251 e. The van der Waals surface area contributed by atoms with E-state index in [1.165, 1.54) is 7.05 Å². The molecule has 1 aliphatic rings. The van der Waals surface area contributed by atoms with Crippen LogP contribution in [0.3, 0.4) is 0 Å². The standard InChI is InChI=1S/C12H14N4O2S/c1-16-9(17)5-4-8(12(16)18)15-7-3-2-6-14-10(7)11(13)19/h2-3,6,8,15H,4-5H2,1H3,(H2,13,19). The summed E-state index contributed by atoms with van der Waals surface area (Å²) in [5.41, 5.74) is 6.64. The first-order valence-corrected chi connectivity index (χ1v) is 6.23. The van der Waals surface area contributed by atoms with E-state index < -0.39 is 6.04 Å². The van der Waals surface area contributed by atoms with Gasteiger partial charge in [-0.3, -0.25) is 19.5 Å². The van der Waals surface area contributed by atoms with E-state index in [0.717, 1.165) is 4.90 Å². The molecule has 0 radical (unpaired) electrons. The van der Waals surface area contributed by atoms with Crippen molar-refractivity contribution in [3.05, 3.63) is 24.0 Å².